The second-order valence-corrected chi connectivity index (χ2v) is 3.64. The molecule has 0 aromatic heterocycles. The summed E-state index contributed by atoms with van der Waals surface area (Å²) >= 11 is 0. The van der Waals surface area contributed by atoms with Crippen molar-refractivity contribution in [3.8, 4) is 0 Å². The average Bonchev–Trinajstić information content (AvgIpc) is 2.25. The largest absolute Gasteiger partial charge is 0.330 e. The van der Waals surface area contributed by atoms with Crippen LogP contribution in [0.3, 0.4) is 0 Å². The highest BCUT2D eigenvalue weighted by molar-refractivity contribution is 5.75. The van der Waals surface area contributed by atoms with Gasteiger partial charge in [-0.1, -0.05) is 6.42 Å². The molecule has 1 fully saturated rings. The Morgan fingerprint density at radius 3 is 2.79 bits per heavy atom. The van der Waals surface area contributed by atoms with E-state index in [2.05, 4.69) is 0 Å². The van der Waals surface area contributed by atoms with Gasteiger partial charge >= 0.3 is 0 Å². The van der Waals surface area contributed by atoms with Crippen molar-refractivity contribution in [3.63, 3.8) is 0 Å². The van der Waals surface area contributed by atoms with E-state index in [1.54, 1.807) is 0 Å². The van der Waals surface area contributed by atoms with Crippen molar-refractivity contribution in [1.29, 1.82) is 0 Å². The molecule has 2 N–H and O–H groups in total. The third kappa shape index (κ3) is 4.07. The Kier molecular flexibility index (Phi) is 5.56. The Hall–Kier alpha value is -0.610. The van der Waals surface area contributed by atoms with Crippen molar-refractivity contribution in [2.75, 3.05) is 19.7 Å². The molecular formula is C10H20N2O2. The molecule has 1 amide bonds. The van der Waals surface area contributed by atoms with Crippen LogP contribution in [0.25, 0.3) is 0 Å². The first kappa shape index (κ1) is 11.5. The Morgan fingerprint density at radius 2 is 2.14 bits per heavy atom. The zero-order valence-corrected chi connectivity index (χ0v) is 8.71. The molecule has 4 nitrogen and oxygen atoms in total. The molecular weight excluding hydrogens is 180 g/mol. The second kappa shape index (κ2) is 6.79. The monoisotopic (exact) mass is 200 g/mol. The topological polar surface area (TPSA) is 55.6 Å². The molecule has 0 aromatic rings. The summed E-state index contributed by atoms with van der Waals surface area (Å²) in [6.07, 6.45) is 5.70. The van der Waals surface area contributed by atoms with Crippen LogP contribution in [0.15, 0.2) is 0 Å². The van der Waals surface area contributed by atoms with Gasteiger partial charge < -0.3 is 5.73 Å². The highest BCUT2D eigenvalue weighted by atomic mass is 16.7. The van der Waals surface area contributed by atoms with Gasteiger partial charge in [0, 0.05) is 13.0 Å². The van der Waals surface area contributed by atoms with Crippen molar-refractivity contribution < 1.29 is 9.63 Å². The molecule has 82 valence electrons. The Labute approximate surface area is 85.3 Å². The molecule has 0 bridgehead atoms. The van der Waals surface area contributed by atoms with Gasteiger partial charge in [0.05, 0.1) is 6.61 Å². The van der Waals surface area contributed by atoms with E-state index >= 15 is 0 Å². The Balaban J connectivity index is 2.07. The molecule has 0 radical (unpaired) electrons. The van der Waals surface area contributed by atoms with Crippen LogP contribution in [0.4, 0.5) is 0 Å². The van der Waals surface area contributed by atoms with Gasteiger partial charge in [-0.05, 0) is 32.2 Å². The Morgan fingerprint density at radius 1 is 1.29 bits per heavy atom. The van der Waals surface area contributed by atoms with E-state index < -0.39 is 0 Å². The normalized spacial score (nSPS) is 17.1. The third-order valence-corrected chi connectivity index (χ3v) is 2.38. The Bertz CT molecular complexity index is 168. The van der Waals surface area contributed by atoms with E-state index in [0.717, 1.165) is 38.6 Å². The van der Waals surface area contributed by atoms with Crippen LogP contribution in [0, 0.1) is 0 Å². The molecule has 0 saturated carbocycles. The fourth-order valence-electron chi connectivity index (χ4n) is 1.52. The molecule has 1 rings (SSSR count). The van der Waals surface area contributed by atoms with Gasteiger partial charge in [0.1, 0.15) is 0 Å². The highest BCUT2D eigenvalue weighted by Crippen LogP contribution is 2.09. The zero-order valence-electron chi connectivity index (χ0n) is 8.71. The number of carbonyl (C=O) groups is 1. The number of nitrogens with zero attached hydrogens (tertiary/aromatic N) is 1. The van der Waals surface area contributed by atoms with Gasteiger partial charge in [-0.3, -0.25) is 9.63 Å². The number of rotatable bonds is 5. The van der Waals surface area contributed by atoms with Crippen LogP contribution >= 0.6 is 0 Å². The second-order valence-electron chi connectivity index (χ2n) is 3.64. The van der Waals surface area contributed by atoms with E-state index in [1.165, 1.54) is 5.06 Å². The van der Waals surface area contributed by atoms with Crippen molar-refractivity contribution in [1.82, 2.24) is 5.06 Å². The lowest BCUT2D eigenvalue weighted by atomic mass is 10.2. The number of unbranched alkanes of at least 4 members (excludes halogenated alkanes) is 2. The molecule has 4 heteroatoms. The number of nitrogens with two attached hydrogens (primary N) is 1. The summed E-state index contributed by atoms with van der Waals surface area (Å²) in [4.78, 5) is 16.8. The third-order valence-electron chi connectivity index (χ3n) is 2.38. The number of amides is 1. The lowest BCUT2D eigenvalue weighted by molar-refractivity contribution is -0.197. The first-order valence-electron chi connectivity index (χ1n) is 5.48. The lowest BCUT2D eigenvalue weighted by Gasteiger charge is -2.25. The highest BCUT2D eigenvalue weighted by Gasteiger charge is 2.16. The van der Waals surface area contributed by atoms with Crippen molar-refractivity contribution in [2.24, 2.45) is 5.73 Å². The van der Waals surface area contributed by atoms with Crippen LogP contribution in [0.2, 0.25) is 0 Å². The van der Waals surface area contributed by atoms with Crippen LogP contribution in [-0.4, -0.2) is 30.7 Å². The maximum Gasteiger partial charge on any atom is 0.246 e. The smallest absolute Gasteiger partial charge is 0.246 e. The molecule has 1 heterocycles. The lowest BCUT2D eigenvalue weighted by Crippen LogP contribution is -2.35. The van der Waals surface area contributed by atoms with E-state index in [-0.39, 0.29) is 5.91 Å². The molecule has 0 unspecified atom stereocenters. The molecule has 1 saturated heterocycles. The summed E-state index contributed by atoms with van der Waals surface area (Å²) in [5.41, 5.74) is 5.37. The van der Waals surface area contributed by atoms with E-state index in [4.69, 9.17) is 10.6 Å². The van der Waals surface area contributed by atoms with Gasteiger partial charge in [-0.15, -0.1) is 0 Å². The summed E-state index contributed by atoms with van der Waals surface area (Å²) in [7, 11) is 0. The average molecular weight is 200 g/mol. The van der Waals surface area contributed by atoms with E-state index in [9.17, 15) is 4.79 Å². The fourth-order valence-corrected chi connectivity index (χ4v) is 1.52. The summed E-state index contributed by atoms with van der Waals surface area (Å²) in [5.74, 6) is 0.127. The molecule has 14 heavy (non-hydrogen) atoms. The predicted molar refractivity (Wildman–Crippen MR) is 54.4 cm³/mol. The maximum absolute atomic E-state index is 11.5. The molecule has 0 aromatic carbocycles. The molecule has 1 aliphatic rings. The first-order valence-corrected chi connectivity index (χ1v) is 5.48. The number of hydroxylamine groups is 2. The first-order chi connectivity index (χ1) is 6.84. The minimum Gasteiger partial charge on any atom is -0.330 e. The molecule has 0 spiro atoms. The summed E-state index contributed by atoms with van der Waals surface area (Å²) in [6.45, 7) is 2.17. The van der Waals surface area contributed by atoms with Gasteiger partial charge in [0.15, 0.2) is 0 Å². The van der Waals surface area contributed by atoms with Crippen LogP contribution in [-0.2, 0) is 9.63 Å². The predicted octanol–water partition coefficient (Wildman–Crippen LogP) is 1.06. The van der Waals surface area contributed by atoms with Crippen LogP contribution in [0.5, 0.6) is 0 Å². The summed E-state index contributed by atoms with van der Waals surface area (Å²) in [6, 6.07) is 0. The summed E-state index contributed by atoms with van der Waals surface area (Å²) in [5, 5.41) is 1.52. The van der Waals surface area contributed by atoms with E-state index in [1.807, 2.05) is 0 Å². The van der Waals surface area contributed by atoms with Crippen molar-refractivity contribution >= 4 is 5.91 Å². The van der Waals surface area contributed by atoms with Gasteiger partial charge in [0.25, 0.3) is 0 Å². The van der Waals surface area contributed by atoms with Gasteiger partial charge in [-0.25, -0.2) is 5.06 Å². The molecule has 0 atom stereocenters. The molecule has 1 aliphatic heterocycles. The van der Waals surface area contributed by atoms with Crippen LogP contribution < -0.4 is 5.73 Å². The van der Waals surface area contributed by atoms with E-state index in [0.29, 0.717) is 19.6 Å². The SMILES string of the molecule is NCCCCCC(=O)N1CCCCO1. The number of hydrogen-bond donors (Lipinski definition) is 1. The van der Waals surface area contributed by atoms with Crippen molar-refractivity contribution in [2.45, 2.75) is 38.5 Å². The van der Waals surface area contributed by atoms with Gasteiger partial charge in [-0.2, -0.15) is 0 Å². The maximum atomic E-state index is 11.5. The van der Waals surface area contributed by atoms with Crippen molar-refractivity contribution in [3.05, 3.63) is 0 Å². The standard InChI is InChI=1S/C10H20N2O2/c11-7-3-1-2-6-10(13)12-8-4-5-9-14-12/h1-9,11H2. The number of hydrogen-bond acceptors (Lipinski definition) is 3. The quantitative estimate of drug-likeness (QED) is 0.675. The minimum atomic E-state index is 0.127. The fraction of sp³-hybridized carbons (Fsp3) is 0.900. The van der Waals surface area contributed by atoms with Gasteiger partial charge in [0.2, 0.25) is 5.91 Å². The zero-order chi connectivity index (χ0) is 10.2. The number of carbonyl (C=O) groups excluding carboxylic acids is 1. The molecule has 0 aliphatic carbocycles. The minimum absolute atomic E-state index is 0.127. The summed E-state index contributed by atoms with van der Waals surface area (Å²) < 4.78 is 0. The van der Waals surface area contributed by atoms with Crippen LogP contribution in [0.1, 0.15) is 38.5 Å².